The van der Waals surface area contributed by atoms with Gasteiger partial charge in [-0.15, -0.1) is 5.10 Å². The van der Waals surface area contributed by atoms with Crippen molar-refractivity contribution < 1.29 is 23.1 Å². The number of ether oxygens (including phenoxy) is 1. The van der Waals surface area contributed by atoms with Crippen LogP contribution in [0.5, 0.6) is 5.88 Å². The fraction of sp³-hybridized carbons (Fsp3) is 0.250. The second kappa shape index (κ2) is 10.7. The van der Waals surface area contributed by atoms with Crippen molar-refractivity contribution in [1.82, 2.24) is 15.1 Å². The quantitative estimate of drug-likeness (QED) is 0.314. The van der Waals surface area contributed by atoms with Crippen molar-refractivity contribution in [3.63, 3.8) is 0 Å². The molecule has 3 aromatic rings. The molecule has 0 aliphatic heterocycles. The number of carbonyl (C=O) groups is 2. The van der Waals surface area contributed by atoms with Crippen LogP contribution in [0.25, 0.3) is 5.69 Å². The first kappa shape index (κ1) is 26.9. The first-order valence-corrected chi connectivity index (χ1v) is 12.4. The van der Waals surface area contributed by atoms with Gasteiger partial charge in [-0.25, -0.2) is 4.68 Å². The maximum Gasteiger partial charge on any atom is 0.388 e. The Labute approximate surface area is 228 Å². The third-order valence-corrected chi connectivity index (χ3v) is 6.91. The molecule has 4 rings (SSSR count). The molecule has 1 aliphatic carbocycles. The van der Waals surface area contributed by atoms with Crippen LogP contribution < -0.4 is 15.4 Å². The lowest BCUT2D eigenvalue weighted by molar-refractivity contribution is -0.0530. The summed E-state index contributed by atoms with van der Waals surface area (Å²) < 4.78 is 31.4. The highest BCUT2D eigenvalue weighted by Gasteiger charge is 2.43. The van der Waals surface area contributed by atoms with Gasteiger partial charge in [0.05, 0.1) is 28.0 Å². The normalized spacial score (nSPS) is 14.5. The standard InChI is InChI=1S/C24H18BrCl2F2N5O3/c1-24(11-30,12-6-7-12)32-21(35)14-8-13(26)9-15(25)20(14)31-22(36)18-10-19(37-23(28)29)33-34(18)17-5-3-2-4-16(17)27/h2-5,8-10,12,23H,6-7H2,1H3,(H,31,36)(H,32,35). The van der Waals surface area contributed by atoms with E-state index in [-0.39, 0.29) is 43.1 Å². The Bertz CT molecular complexity index is 1420. The van der Waals surface area contributed by atoms with Gasteiger partial charge in [-0.2, -0.15) is 14.0 Å². The smallest absolute Gasteiger partial charge is 0.388 e. The number of benzene rings is 2. The molecule has 192 valence electrons. The summed E-state index contributed by atoms with van der Waals surface area (Å²) in [5.74, 6) is -1.93. The van der Waals surface area contributed by atoms with E-state index in [4.69, 9.17) is 23.2 Å². The van der Waals surface area contributed by atoms with Crippen LogP contribution in [0.1, 0.15) is 40.6 Å². The minimum atomic E-state index is -3.17. The zero-order valence-electron chi connectivity index (χ0n) is 19.1. The highest BCUT2D eigenvalue weighted by Crippen LogP contribution is 2.40. The molecule has 0 bridgehead atoms. The number of para-hydroxylation sites is 1. The van der Waals surface area contributed by atoms with E-state index in [0.29, 0.717) is 0 Å². The molecule has 2 N–H and O–H groups in total. The fourth-order valence-corrected chi connectivity index (χ4v) is 4.84. The summed E-state index contributed by atoms with van der Waals surface area (Å²) in [5, 5.41) is 19.3. The Hall–Kier alpha value is -3.20. The van der Waals surface area contributed by atoms with Crippen LogP contribution >= 0.6 is 39.1 Å². The molecular formula is C24H18BrCl2F2N5O3. The van der Waals surface area contributed by atoms with E-state index in [2.05, 4.69) is 42.5 Å². The van der Waals surface area contributed by atoms with Gasteiger partial charge in [-0.05, 0) is 65.9 Å². The average Bonchev–Trinajstić information content (AvgIpc) is 3.62. The molecule has 2 amide bonds. The van der Waals surface area contributed by atoms with Gasteiger partial charge in [-0.1, -0.05) is 35.3 Å². The molecule has 1 heterocycles. The number of hydrogen-bond donors (Lipinski definition) is 2. The van der Waals surface area contributed by atoms with E-state index in [1.807, 2.05) is 0 Å². The monoisotopic (exact) mass is 611 g/mol. The number of hydrogen-bond acceptors (Lipinski definition) is 5. The second-order valence-corrected chi connectivity index (χ2v) is 10.1. The number of rotatable bonds is 8. The molecule has 2 aromatic carbocycles. The van der Waals surface area contributed by atoms with E-state index < -0.39 is 29.8 Å². The van der Waals surface area contributed by atoms with Crippen LogP contribution in [0.15, 0.2) is 46.9 Å². The van der Waals surface area contributed by atoms with Crippen molar-refractivity contribution in [2.45, 2.75) is 31.9 Å². The van der Waals surface area contributed by atoms with E-state index >= 15 is 0 Å². The minimum Gasteiger partial charge on any atom is -0.415 e. The van der Waals surface area contributed by atoms with Crippen molar-refractivity contribution in [2.75, 3.05) is 5.32 Å². The third-order valence-electron chi connectivity index (χ3n) is 5.75. The molecule has 0 saturated heterocycles. The predicted octanol–water partition coefficient (Wildman–Crippen LogP) is 6.22. The van der Waals surface area contributed by atoms with Gasteiger partial charge >= 0.3 is 6.61 Å². The third kappa shape index (κ3) is 5.87. The Morgan fingerprint density at radius 1 is 1.24 bits per heavy atom. The number of nitrogens with one attached hydrogen (secondary N) is 2. The molecule has 0 spiro atoms. The van der Waals surface area contributed by atoms with Crippen LogP contribution in [0.4, 0.5) is 14.5 Å². The summed E-state index contributed by atoms with van der Waals surface area (Å²) in [6.07, 6.45) is 1.62. The maximum absolute atomic E-state index is 13.4. The molecule has 1 aliphatic rings. The average molecular weight is 613 g/mol. The van der Waals surface area contributed by atoms with E-state index in [9.17, 15) is 23.6 Å². The zero-order valence-corrected chi connectivity index (χ0v) is 22.2. The van der Waals surface area contributed by atoms with Gasteiger partial charge in [0.1, 0.15) is 11.2 Å². The van der Waals surface area contributed by atoms with E-state index in [1.54, 1.807) is 19.1 Å². The molecule has 0 radical (unpaired) electrons. The first-order valence-electron chi connectivity index (χ1n) is 10.9. The zero-order chi connectivity index (χ0) is 26.9. The van der Waals surface area contributed by atoms with Gasteiger partial charge in [0.15, 0.2) is 0 Å². The molecule has 1 aromatic heterocycles. The molecule has 13 heteroatoms. The lowest BCUT2D eigenvalue weighted by Gasteiger charge is -2.24. The second-order valence-electron chi connectivity index (χ2n) is 8.42. The lowest BCUT2D eigenvalue weighted by atomic mass is 9.97. The van der Waals surface area contributed by atoms with Crippen LogP contribution in [0.3, 0.4) is 0 Å². The number of halogens is 5. The number of anilines is 1. The summed E-state index contributed by atoms with van der Waals surface area (Å²) in [6.45, 7) is -1.54. The summed E-state index contributed by atoms with van der Waals surface area (Å²) >= 11 is 15.7. The number of amides is 2. The van der Waals surface area contributed by atoms with Gasteiger partial charge in [-0.3, -0.25) is 9.59 Å². The molecule has 37 heavy (non-hydrogen) atoms. The number of nitriles is 1. The largest absolute Gasteiger partial charge is 0.415 e. The molecule has 1 unspecified atom stereocenters. The lowest BCUT2D eigenvalue weighted by Crippen LogP contribution is -2.46. The van der Waals surface area contributed by atoms with E-state index in [1.165, 1.54) is 24.3 Å². The topological polar surface area (TPSA) is 109 Å². The van der Waals surface area contributed by atoms with Crippen molar-refractivity contribution >= 4 is 56.6 Å². The van der Waals surface area contributed by atoms with Gasteiger partial charge in [0, 0.05) is 15.6 Å². The fourth-order valence-electron chi connectivity index (χ4n) is 3.72. The SMILES string of the molecule is CC(C#N)(NC(=O)c1cc(Cl)cc(Br)c1NC(=O)c1cc(OC(F)F)nn1-c1ccccc1Cl)C1CC1. The Morgan fingerprint density at radius 3 is 2.57 bits per heavy atom. The molecule has 8 nitrogen and oxygen atoms in total. The van der Waals surface area contributed by atoms with Crippen molar-refractivity contribution in [3.05, 3.63) is 68.2 Å². The van der Waals surface area contributed by atoms with E-state index in [0.717, 1.165) is 23.6 Å². The molecule has 1 saturated carbocycles. The number of aromatic nitrogens is 2. The first-order chi connectivity index (χ1) is 17.5. The maximum atomic E-state index is 13.4. The van der Waals surface area contributed by atoms with Crippen LogP contribution in [0, 0.1) is 17.2 Å². The van der Waals surface area contributed by atoms with Crippen LogP contribution in [-0.2, 0) is 0 Å². The van der Waals surface area contributed by atoms with Crippen LogP contribution in [-0.4, -0.2) is 33.7 Å². The summed E-state index contributed by atoms with van der Waals surface area (Å²) in [7, 11) is 0. The van der Waals surface area contributed by atoms with Crippen molar-refractivity contribution in [1.29, 1.82) is 5.26 Å². The predicted molar refractivity (Wildman–Crippen MR) is 137 cm³/mol. The van der Waals surface area contributed by atoms with Crippen molar-refractivity contribution in [3.8, 4) is 17.6 Å². The van der Waals surface area contributed by atoms with Gasteiger partial charge in [0.25, 0.3) is 11.8 Å². The summed E-state index contributed by atoms with van der Waals surface area (Å²) in [6, 6.07) is 12.3. The summed E-state index contributed by atoms with van der Waals surface area (Å²) in [5.41, 5.74) is -1.02. The summed E-state index contributed by atoms with van der Waals surface area (Å²) in [4.78, 5) is 26.6. The van der Waals surface area contributed by atoms with Crippen molar-refractivity contribution in [2.24, 2.45) is 5.92 Å². The molecule has 1 atom stereocenters. The highest BCUT2D eigenvalue weighted by atomic mass is 79.9. The Balaban J connectivity index is 1.72. The Morgan fingerprint density at radius 2 is 1.95 bits per heavy atom. The number of carbonyl (C=O) groups excluding carboxylic acids is 2. The van der Waals surface area contributed by atoms with Gasteiger partial charge < -0.3 is 15.4 Å². The highest BCUT2D eigenvalue weighted by molar-refractivity contribution is 9.10. The minimum absolute atomic E-state index is 0.0114. The number of nitrogens with zero attached hydrogens (tertiary/aromatic N) is 3. The molecular weight excluding hydrogens is 595 g/mol. The number of alkyl halides is 2. The molecule has 1 fully saturated rings. The van der Waals surface area contributed by atoms with Gasteiger partial charge in [0.2, 0.25) is 5.88 Å². The van der Waals surface area contributed by atoms with Crippen LogP contribution in [0.2, 0.25) is 10.0 Å². The Kier molecular flexibility index (Phi) is 7.73.